The SMILES string of the molecule is Cc1ccnc(NCCCC(=O)NC(COCCOCCOCCOCCN=[N+]=[N-])C(=O)NC(CC(=O)O)c2ccc(-c3cccc4ccccc34)cc2)c1. The topological polar surface area (TPSA) is 206 Å². The predicted molar refractivity (Wildman–Crippen MR) is 208 cm³/mol. The van der Waals surface area contributed by atoms with Crippen molar-refractivity contribution >= 4 is 34.4 Å². The molecule has 4 rings (SSSR count). The van der Waals surface area contributed by atoms with Crippen LogP contribution < -0.4 is 16.0 Å². The third kappa shape index (κ3) is 15.4. The van der Waals surface area contributed by atoms with Gasteiger partial charge in [-0.05, 0) is 64.0 Å². The molecule has 0 fully saturated rings. The maximum absolute atomic E-state index is 13.7. The molecule has 0 aliphatic carbocycles. The van der Waals surface area contributed by atoms with Crippen molar-refractivity contribution in [2.45, 2.75) is 38.3 Å². The number of carbonyl (C=O) groups is 3. The highest BCUT2D eigenvalue weighted by atomic mass is 16.6. The molecule has 15 heteroatoms. The summed E-state index contributed by atoms with van der Waals surface area (Å²) in [6.07, 6.45) is 1.97. The molecule has 292 valence electrons. The van der Waals surface area contributed by atoms with E-state index in [2.05, 4.69) is 37.0 Å². The first-order chi connectivity index (χ1) is 26.8. The molecule has 0 aliphatic rings. The van der Waals surface area contributed by atoms with E-state index in [0.717, 1.165) is 27.5 Å². The standard InChI is InChI=1S/C40H49N7O8/c1-29-15-17-43-37(26-29)42-16-5-10-38(48)45-36(28-55-25-24-54-23-22-53-21-20-52-19-18-44-47-41)40(51)46-35(27-39(49)50)32-13-11-31(12-14-32)34-9-4-7-30-6-2-3-8-33(30)34/h2-4,6-9,11-15,17,26,35-36H,5,10,16,18-25,27-28H2,1H3,(H,42,43)(H,45,48)(H,46,51)(H,49,50). The number of aliphatic carboxylic acids is 1. The molecule has 55 heavy (non-hydrogen) atoms. The maximum atomic E-state index is 13.7. The molecule has 0 spiro atoms. The number of anilines is 1. The summed E-state index contributed by atoms with van der Waals surface area (Å²) in [6.45, 7) is 4.63. The van der Waals surface area contributed by atoms with Crippen molar-refractivity contribution in [1.82, 2.24) is 15.6 Å². The first kappa shape index (κ1) is 42.2. The van der Waals surface area contributed by atoms with Crippen molar-refractivity contribution in [2.75, 3.05) is 71.3 Å². The second-order valence-electron chi connectivity index (χ2n) is 12.5. The van der Waals surface area contributed by atoms with Gasteiger partial charge in [0.05, 0.1) is 65.3 Å². The van der Waals surface area contributed by atoms with Crippen LogP contribution in [0.25, 0.3) is 32.3 Å². The van der Waals surface area contributed by atoms with E-state index >= 15 is 0 Å². The zero-order valence-corrected chi connectivity index (χ0v) is 31.0. The molecular weight excluding hydrogens is 706 g/mol. The first-order valence-electron chi connectivity index (χ1n) is 18.2. The van der Waals surface area contributed by atoms with Crippen LogP contribution in [0.2, 0.25) is 0 Å². The lowest BCUT2D eigenvalue weighted by Crippen LogP contribution is -2.50. The number of carbonyl (C=O) groups excluding carboxylic acids is 2. The lowest BCUT2D eigenvalue weighted by Gasteiger charge is -2.23. The van der Waals surface area contributed by atoms with Crippen molar-refractivity contribution < 1.29 is 38.4 Å². The molecule has 2 unspecified atom stereocenters. The molecule has 0 saturated carbocycles. The molecule has 0 saturated heterocycles. The Morgan fingerprint density at radius 1 is 0.855 bits per heavy atom. The molecule has 0 bridgehead atoms. The molecule has 4 N–H and O–H groups in total. The van der Waals surface area contributed by atoms with Gasteiger partial charge in [-0.3, -0.25) is 14.4 Å². The largest absolute Gasteiger partial charge is 0.481 e. The number of benzene rings is 3. The summed E-state index contributed by atoms with van der Waals surface area (Å²) < 4.78 is 22.0. The van der Waals surface area contributed by atoms with E-state index in [1.165, 1.54) is 0 Å². The van der Waals surface area contributed by atoms with Crippen LogP contribution in [0, 0.1) is 6.92 Å². The van der Waals surface area contributed by atoms with Crippen LogP contribution in [-0.4, -0.2) is 99.9 Å². The van der Waals surface area contributed by atoms with Crippen LogP contribution in [-0.2, 0) is 33.3 Å². The Morgan fingerprint density at radius 3 is 2.25 bits per heavy atom. The van der Waals surface area contributed by atoms with Gasteiger partial charge < -0.3 is 40.0 Å². The summed E-state index contributed by atoms with van der Waals surface area (Å²) in [5, 5.41) is 24.1. The average molecular weight is 756 g/mol. The predicted octanol–water partition coefficient (Wildman–Crippen LogP) is 5.60. The zero-order chi connectivity index (χ0) is 39.1. The number of nitrogens with one attached hydrogen (secondary N) is 3. The van der Waals surface area contributed by atoms with Crippen LogP contribution in [0.1, 0.15) is 36.4 Å². The molecule has 0 radical (unpaired) electrons. The van der Waals surface area contributed by atoms with Gasteiger partial charge in [0.1, 0.15) is 11.9 Å². The smallest absolute Gasteiger partial charge is 0.305 e. The Bertz CT molecular complexity index is 1850. The maximum Gasteiger partial charge on any atom is 0.305 e. The van der Waals surface area contributed by atoms with Gasteiger partial charge in [0.2, 0.25) is 11.8 Å². The molecule has 3 aromatic carbocycles. The van der Waals surface area contributed by atoms with Crippen LogP contribution >= 0.6 is 0 Å². The fourth-order valence-electron chi connectivity index (χ4n) is 5.63. The quantitative estimate of drug-likeness (QED) is 0.0270. The van der Waals surface area contributed by atoms with Crippen molar-refractivity contribution in [3.05, 3.63) is 107 Å². The van der Waals surface area contributed by atoms with Gasteiger partial charge in [-0.1, -0.05) is 71.8 Å². The molecule has 2 atom stereocenters. The number of amides is 2. The summed E-state index contributed by atoms with van der Waals surface area (Å²) >= 11 is 0. The van der Waals surface area contributed by atoms with E-state index in [1.807, 2.05) is 79.7 Å². The molecule has 1 heterocycles. The highest BCUT2D eigenvalue weighted by molar-refractivity contribution is 5.96. The molecule has 1 aromatic heterocycles. The van der Waals surface area contributed by atoms with Crippen molar-refractivity contribution in [2.24, 2.45) is 5.11 Å². The molecule has 2 amide bonds. The fraction of sp³-hybridized carbons (Fsp3) is 0.400. The Hall–Kier alpha value is -5.57. The third-order valence-corrected chi connectivity index (χ3v) is 8.36. The Kier molecular flexibility index (Phi) is 18.4. The second-order valence-corrected chi connectivity index (χ2v) is 12.5. The van der Waals surface area contributed by atoms with E-state index in [0.29, 0.717) is 57.4 Å². The second kappa shape index (κ2) is 24.0. The summed E-state index contributed by atoms with van der Waals surface area (Å²) in [6, 6.07) is 23.4. The third-order valence-electron chi connectivity index (χ3n) is 8.36. The van der Waals surface area contributed by atoms with Gasteiger partial charge in [-0.25, -0.2) is 4.98 Å². The number of pyridine rings is 1. The summed E-state index contributed by atoms with van der Waals surface area (Å²) in [5.41, 5.74) is 11.9. The molecule has 15 nitrogen and oxygen atoms in total. The van der Waals surface area contributed by atoms with E-state index in [-0.39, 0.29) is 45.1 Å². The lowest BCUT2D eigenvalue weighted by atomic mass is 9.95. The average Bonchev–Trinajstić information content (AvgIpc) is 3.18. The number of carboxylic acid groups (broad SMARTS) is 1. The number of hydrogen-bond acceptors (Lipinski definition) is 10. The number of rotatable bonds is 26. The number of aryl methyl sites for hydroxylation is 1. The van der Waals surface area contributed by atoms with E-state index in [4.69, 9.17) is 24.5 Å². The minimum atomic E-state index is -1.09. The Morgan fingerprint density at radius 2 is 1.55 bits per heavy atom. The monoisotopic (exact) mass is 755 g/mol. The van der Waals surface area contributed by atoms with Gasteiger partial charge in [0.25, 0.3) is 0 Å². The minimum absolute atomic E-state index is 0.138. The summed E-state index contributed by atoms with van der Waals surface area (Å²) in [4.78, 5) is 45.6. The lowest BCUT2D eigenvalue weighted by molar-refractivity contribution is -0.138. The van der Waals surface area contributed by atoms with E-state index in [1.54, 1.807) is 6.20 Å². The van der Waals surface area contributed by atoms with Crippen molar-refractivity contribution in [1.29, 1.82) is 0 Å². The highest BCUT2D eigenvalue weighted by Crippen LogP contribution is 2.30. The number of ether oxygens (including phenoxy) is 4. The van der Waals surface area contributed by atoms with Crippen LogP contribution in [0.3, 0.4) is 0 Å². The highest BCUT2D eigenvalue weighted by Gasteiger charge is 2.26. The number of aromatic nitrogens is 1. The van der Waals surface area contributed by atoms with Crippen LogP contribution in [0.5, 0.6) is 0 Å². The van der Waals surface area contributed by atoms with Gasteiger partial charge in [-0.15, -0.1) is 0 Å². The molecular formula is C40H49N7O8. The van der Waals surface area contributed by atoms with Crippen LogP contribution in [0.4, 0.5) is 5.82 Å². The van der Waals surface area contributed by atoms with Crippen LogP contribution in [0.15, 0.2) is 90.2 Å². The number of nitrogens with zero attached hydrogens (tertiary/aromatic N) is 4. The van der Waals surface area contributed by atoms with Gasteiger partial charge >= 0.3 is 5.97 Å². The normalized spacial score (nSPS) is 12.0. The number of hydrogen-bond donors (Lipinski definition) is 4. The summed E-state index contributed by atoms with van der Waals surface area (Å²) in [5.74, 6) is -1.31. The molecule has 0 aliphatic heterocycles. The summed E-state index contributed by atoms with van der Waals surface area (Å²) in [7, 11) is 0. The van der Waals surface area contributed by atoms with Gasteiger partial charge in [0, 0.05) is 30.6 Å². The molecule has 4 aromatic rings. The van der Waals surface area contributed by atoms with E-state index < -0.39 is 24.0 Å². The van der Waals surface area contributed by atoms with Crippen molar-refractivity contribution in [3.63, 3.8) is 0 Å². The minimum Gasteiger partial charge on any atom is -0.481 e. The Balaban J connectivity index is 1.32. The van der Waals surface area contributed by atoms with Gasteiger partial charge in [-0.2, -0.15) is 0 Å². The van der Waals surface area contributed by atoms with Gasteiger partial charge in [0.15, 0.2) is 0 Å². The number of carboxylic acids is 1. The van der Waals surface area contributed by atoms with Crippen molar-refractivity contribution in [3.8, 4) is 11.1 Å². The number of fused-ring (bicyclic) bond motifs is 1. The first-order valence-corrected chi connectivity index (χ1v) is 18.2. The zero-order valence-electron chi connectivity index (χ0n) is 31.0. The fourth-order valence-corrected chi connectivity index (χ4v) is 5.63. The van der Waals surface area contributed by atoms with E-state index in [9.17, 15) is 19.5 Å². The Labute approximate surface area is 320 Å². The number of azide groups is 1.